The maximum Gasteiger partial charge on any atom is 0.258 e. The first-order valence-corrected chi connectivity index (χ1v) is 7.43. The van der Waals surface area contributed by atoms with E-state index in [0.29, 0.717) is 17.2 Å². The van der Waals surface area contributed by atoms with Crippen molar-refractivity contribution in [2.24, 2.45) is 0 Å². The van der Waals surface area contributed by atoms with Crippen LogP contribution in [0.3, 0.4) is 0 Å². The summed E-state index contributed by atoms with van der Waals surface area (Å²) in [5.41, 5.74) is 0.878. The van der Waals surface area contributed by atoms with Crippen LogP contribution in [0.15, 0.2) is 42.5 Å². The Hall–Kier alpha value is -2.76. The largest absolute Gasteiger partial charge is 0.493 e. The minimum absolute atomic E-state index is 0.150. The number of carbonyl (C=O) groups excluding carboxylic acids is 1. The number of benzene rings is 2. The molecule has 0 fully saturated rings. The second-order valence-electron chi connectivity index (χ2n) is 5.15. The van der Waals surface area contributed by atoms with E-state index in [9.17, 15) is 9.18 Å². The van der Waals surface area contributed by atoms with Gasteiger partial charge in [0.1, 0.15) is 11.6 Å². The van der Waals surface area contributed by atoms with Crippen LogP contribution >= 0.6 is 0 Å². The molecule has 0 bridgehead atoms. The summed E-state index contributed by atoms with van der Waals surface area (Å²) in [5.74, 6) is 1.03. The van der Waals surface area contributed by atoms with Crippen molar-refractivity contribution in [3.05, 3.63) is 53.8 Å². The zero-order valence-electron chi connectivity index (χ0n) is 13.8. The Labute approximate surface area is 140 Å². The fourth-order valence-corrected chi connectivity index (χ4v) is 2.17. The molecule has 0 saturated heterocycles. The second kappa shape index (κ2) is 8.19. The minimum atomic E-state index is -0.353. The molecule has 0 aliphatic heterocycles. The summed E-state index contributed by atoms with van der Waals surface area (Å²) in [6.45, 7) is 1.71. The lowest BCUT2D eigenvalue weighted by atomic mass is 10.1. The van der Waals surface area contributed by atoms with Crippen LogP contribution < -0.4 is 19.5 Å². The molecule has 1 atom stereocenters. The monoisotopic (exact) mass is 333 g/mol. The summed E-state index contributed by atoms with van der Waals surface area (Å²) in [7, 11) is 3.12. The van der Waals surface area contributed by atoms with Crippen LogP contribution in [0.25, 0.3) is 0 Å². The molecule has 1 amide bonds. The first-order chi connectivity index (χ1) is 11.5. The molecule has 2 aromatic rings. The van der Waals surface area contributed by atoms with Gasteiger partial charge in [-0.3, -0.25) is 4.79 Å². The summed E-state index contributed by atoms with van der Waals surface area (Å²) < 4.78 is 28.6. The molecule has 0 radical (unpaired) electrons. The number of hydrogen-bond acceptors (Lipinski definition) is 4. The standard InChI is InChI=1S/C18H20FNO4/c1-12(13-4-9-16(22-2)17(10-13)23-3)20-18(21)11-24-15-7-5-14(19)6-8-15/h4-10,12H,11H2,1-3H3,(H,20,21)/t12-/m1/s1. The number of halogens is 1. The molecule has 5 nitrogen and oxygen atoms in total. The average Bonchev–Trinajstić information content (AvgIpc) is 2.60. The fraction of sp³-hybridized carbons (Fsp3) is 0.278. The molecule has 2 aromatic carbocycles. The second-order valence-corrected chi connectivity index (χ2v) is 5.15. The number of ether oxygens (including phenoxy) is 3. The smallest absolute Gasteiger partial charge is 0.258 e. The number of amides is 1. The highest BCUT2D eigenvalue weighted by Gasteiger charge is 2.13. The summed E-state index contributed by atoms with van der Waals surface area (Å²) in [6, 6.07) is 10.7. The van der Waals surface area contributed by atoms with Gasteiger partial charge in [-0.25, -0.2) is 4.39 Å². The van der Waals surface area contributed by atoms with Crippen molar-refractivity contribution < 1.29 is 23.4 Å². The topological polar surface area (TPSA) is 56.8 Å². The third-order valence-electron chi connectivity index (χ3n) is 3.47. The van der Waals surface area contributed by atoms with Crippen molar-refractivity contribution in [3.63, 3.8) is 0 Å². The lowest BCUT2D eigenvalue weighted by molar-refractivity contribution is -0.123. The highest BCUT2D eigenvalue weighted by atomic mass is 19.1. The number of nitrogens with one attached hydrogen (secondary N) is 1. The van der Waals surface area contributed by atoms with Gasteiger partial charge in [-0.1, -0.05) is 6.07 Å². The van der Waals surface area contributed by atoms with E-state index in [2.05, 4.69) is 5.32 Å². The normalized spacial score (nSPS) is 11.5. The van der Waals surface area contributed by atoms with Crippen LogP contribution in [-0.2, 0) is 4.79 Å². The maximum atomic E-state index is 12.8. The molecule has 0 heterocycles. The van der Waals surface area contributed by atoms with Gasteiger partial charge < -0.3 is 19.5 Å². The Balaban J connectivity index is 1.92. The van der Waals surface area contributed by atoms with Crippen molar-refractivity contribution in [2.75, 3.05) is 20.8 Å². The van der Waals surface area contributed by atoms with Crippen molar-refractivity contribution in [2.45, 2.75) is 13.0 Å². The SMILES string of the molecule is COc1ccc([C@@H](C)NC(=O)COc2ccc(F)cc2)cc1OC. The third kappa shape index (κ3) is 4.62. The van der Waals surface area contributed by atoms with Crippen LogP contribution in [-0.4, -0.2) is 26.7 Å². The van der Waals surface area contributed by atoms with Gasteiger partial charge in [0.05, 0.1) is 20.3 Å². The van der Waals surface area contributed by atoms with E-state index < -0.39 is 0 Å². The number of rotatable bonds is 7. The zero-order chi connectivity index (χ0) is 17.5. The molecule has 0 saturated carbocycles. The lowest BCUT2D eigenvalue weighted by Crippen LogP contribution is -2.31. The molecule has 0 spiro atoms. The molecule has 0 unspecified atom stereocenters. The average molecular weight is 333 g/mol. The Morgan fingerprint density at radius 2 is 1.75 bits per heavy atom. The van der Waals surface area contributed by atoms with Crippen LogP contribution in [0.2, 0.25) is 0 Å². The van der Waals surface area contributed by atoms with E-state index in [1.807, 2.05) is 19.1 Å². The Morgan fingerprint density at radius 1 is 1.08 bits per heavy atom. The fourth-order valence-electron chi connectivity index (χ4n) is 2.17. The van der Waals surface area contributed by atoms with Gasteiger partial charge in [0.25, 0.3) is 5.91 Å². The Kier molecular flexibility index (Phi) is 6.01. The van der Waals surface area contributed by atoms with Gasteiger partial charge >= 0.3 is 0 Å². The predicted octanol–water partition coefficient (Wildman–Crippen LogP) is 3.10. The van der Waals surface area contributed by atoms with Gasteiger partial charge in [-0.05, 0) is 48.9 Å². The van der Waals surface area contributed by atoms with Crippen molar-refractivity contribution in [1.82, 2.24) is 5.32 Å². The molecule has 1 N–H and O–H groups in total. The van der Waals surface area contributed by atoms with Crippen LogP contribution in [0.1, 0.15) is 18.5 Å². The number of hydrogen-bond donors (Lipinski definition) is 1. The van der Waals surface area contributed by atoms with Gasteiger partial charge in [0.15, 0.2) is 18.1 Å². The van der Waals surface area contributed by atoms with E-state index in [1.165, 1.54) is 24.3 Å². The van der Waals surface area contributed by atoms with E-state index in [1.54, 1.807) is 20.3 Å². The Bertz CT molecular complexity index is 688. The molecule has 2 rings (SSSR count). The van der Waals surface area contributed by atoms with Gasteiger partial charge in [0, 0.05) is 0 Å². The van der Waals surface area contributed by atoms with Gasteiger partial charge in [0.2, 0.25) is 0 Å². The van der Waals surface area contributed by atoms with Gasteiger partial charge in [-0.2, -0.15) is 0 Å². The first kappa shape index (κ1) is 17.6. The van der Waals surface area contributed by atoms with Crippen molar-refractivity contribution in [1.29, 1.82) is 0 Å². The van der Waals surface area contributed by atoms with Gasteiger partial charge in [-0.15, -0.1) is 0 Å². The molecular weight excluding hydrogens is 313 g/mol. The molecule has 0 aliphatic rings. The quantitative estimate of drug-likeness (QED) is 0.846. The molecule has 128 valence electrons. The summed E-state index contributed by atoms with van der Waals surface area (Å²) in [4.78, 5) is 12.0. The van der Waals surface area contributed by atoms with Crippen molar-refractivity contribution >= 4 is 5.91 Å². The molecule has 6 heteroatoms. The maximum absolute atomic E-state index is 12.8. The Morgan fingerprint density at radius 3 is 2.38 bits per heavy atom. The molecular formula is C18H20FNO4. The van der Waals surface area contributed by atoms with Crippen LogP contribution in [0, 0.1) is 5.82 Å². The summed E-state index contributed by atoms with van der Waals surface area (Å²) in [6.07, 6.45) is 0. The van der Waals surface area contributed by atoms with Crippen LogP contribution in [0.4, 0.5) is 4.39 Å². The number of methoxy groups -OCH3 is 2. The van der Waals surface area contributed by atoms with Crippen LogP contribution in [0.5, 0.6) is 17.2 Å². The van der Waals surface area contributed by atoms with E-state index in [4.69, 9.17) is 14.2 Å². The molecule has 0 aromatic heterocycles. The predicted molar refractivity (Wildman–Crippen MR) is 88.0 cm³/mol. The molecule has 24 heavy (non-hydrogen) atoms. The minimum Gasteiger partial charge on any atom is -0.493 e. The zero-order valence-corrected chi connectivity index (χ0v) is 13.8. The summed E-state index contributed by atoms with van der Waals surface area (Å²) >= 11 is 0. The lowest BCUT2D eigenvalue weighted by Gasteiger charge is -2.16. The summed E-state index contributed by atoms with van der Waals surface area (Å²) in [5, 5.41) is 2.83. The highest BCUT2D eigenvalue weighted by molar-refractivity contribution is 5.78. The third-order valence-corrected chi connectivity index (χ3v) is 3.47. The molecule has 0 aliphatic carbocycles. The van der Waals surface area contributed by atoms with E-state index >= 15 is 0 Å². The first-order valence-electron chi connectivity index (χ1n) is 7.43. The van der Waals surface area contributed by atoms with Crippen molar-refractivity contribution in [3.8, 4) is 17.2 Å². The number of carbonyl (C=O) groups is 1. The highest BCUT2D eigenvalue weighted by Crippen LogP contribution is 2.29. The van der Waals surface area contributed by atoms with E-state index in [0.717, 1.165) is 5.56 Å². The van der Waals surface area contributed by atoms with E-state index in [-0.39, 0.29) is 24.4 Å².